The van der Waals surface area contributed by atoms with Crippen LogP contribution in [0.5, 0.6) is 0 Å². The standard InChI is InChI=1S/C10H16O4/c1-10(2,3)6-7(9(12)13)5-8(11)14-4/h6H,5H2,1-4H3,(H,12,13). The van der Waals surface area contributed by atoms with Crippen LogP contribution in [-0.2, 0) is 14.3 Å². The van der Waals surface area contributed by atoms with Crippen molar-refractivity contribution in [1.29, 1.82) is 0 Å². The van der Waals surface area contributed by atoms with Gasteiger partial charge in [-0.3, -0.25) is 4.79 Å². The highest BCUT2D eigenvalue weighted by Crippen LogP contribution is 2.19. The molecule has 0 aliphatic rings. The fourth-order valence-corrected chi connectivity index (χ4v) is 0.939. The third-order valence-electron chi connectivity index (χ3n) is 1.44. The molecule has 0 aromatic heterocycles. The van der Waals surface area contributed by atoms with E-state index in [1.807, 2.05) is 20.8 Å². The van der Waals surface area contributed by atoms with Crippen LogP contribution in [0.15, 0.2) is 11.6 Å². The van der Waals surface area contributed by atoms with Crippen molar-refractivity contribution in [3.05, 3.63) is 11.6 Å². The number of carboxylic acid groups (broad SMARTS) is 1. The van der Waals surface area contributed by atoms with Gasteiger partial charge in [-0.1, -0.05) is 26.8 Å². The van der Waals surface area contributed by atoms with Crippen molar-refractivity contribution < 1.29 is 19.4 Å². The molecule has 0 aromatic rings. The van der Waals surface area contributed by atoms with Gasteiger partial charge in [-0.15, -0.1) is 0 Å². The van der Waals surface area contributed by atoms with Gasteiger partial charge in [-0.2, -0.15) is 0 Å². The zero-order valence-corrected chi connectivity index (χ0v) is 8.96. The van der Waals surface area contributed by atoms with Crippen LogP contribution in [0.25, 0.3) is 0 Å². The molecule has 0 rings (SSSR count). The summed E-state index contributed by atoms with van der Waals surface area (Å²) in [5.74, 6) is -1.62. The highest BCUT2D eigenvalue weighted by molar-refractivity contribution is 5.92. The lowest BCUT2D eigenvalue weighted by Crippen LogP contribution is -2.12. The number of allylic oxidation sites excluding steroid dienone is 1. The molecule has 4 heteroatoms. The Balaban J connectivity index is 4.71. The molecule has 0 aromatic carbocycles. The molecule has 0 amide bonds. The van der Waals surface area contributed by atoms with E-state index >= 15 is 0 Å². The molecule has 1 N–H and O–H groups in total. The second-order valence-corrected chi connectivity index (χ2v) is 4.09. The number of carbonyl (C=O) groups is 2. The Morgan fingerprint density at radius 2 is 1.86 bits per heavy atom. The number of carboxylic acids is 1. The Labute approximate surface area is 83.6 Å². The molecule has 80 valence electrons. The van der Waals surface area contributed by atoms with Gasteiger partial charge >= 0.3 is 11.9 Å². The van der Waals surface area contributed by atoms with Crippen LogP contribution in [0.1, 0.15) is 27.2 Å². The van der Waals surface area contributed by atoms with E-state index in [-0.39, 0.29) is 17.4 Å². The molecular formula is C10H16O4. The lowest BCUT2D eigenvalue weighted by Gasteiger charge is -2.13. The minimum absolute atomic E-state index is 0.0735. The monoisotopic (exact) mass is 200 g/mol. The smallest absolute Gasteiger partial charge is 0.331 e. The zero-order chi connectivity index (χ0) is 11.4. The largest absolute Gasteiger partial charge is 0.478 e. The van der Waals surface area contributed by atoms with Crippen molar-refractivity contribution in [2.24, 2.45) is 5.41 Å². The Bertz CT molecular complexity index is 258. The van der Waals surface area contributed by atoms with Crippen molar-refractivity contribution >= 4 is 11.9 Å². The van der Waals surface area contributed by atoms with Crippen LogP contribution in [0.3, 0.4) is 0 Å². The highest BCUT2D eigenvalue weighted by Gasteiger charge is 2.17. The number of aliphatic carboxylic acids is 1. The lowest BCUT2D eigenvalue weighted by molar-refractivity contribution is -0.142. The van der Waals surface area contributed by atoms with Gasteiger partial charge in [-0.25, -0.2) is 4.79 Å². The normalized spacial score (nSPS) is 12.4. The second kappa shape index (κ2) is 4.79. The summed E-state index contributed by atoms with van der Waals surface area (Å²) >= 11 is 0. The molecule has 0 radical (unpaired) electrons. The Morgan fingerprint density at radius 3 is 2.14 bits per heavy atom. The van der Waals surface area contributed by atoms with Gasteiger partial charge in [0.05, 0.1) is 13.5 Å². The Kier molecular flexibility index (Phi) is 4.34. The van der Waals surface area contributed by atoms with Crippen molar-refractivity contribution in [1.82, 2.24) is 0 Å². The van der Waals surface area contributed by atoms with Crippen molar-refractivity contribution in [2.75, 3.05) is 7.11 Å². The maximum atomic E-state index is 10.9. The van der Waals surface area contributed by atoms with E-state index in [9.17, 15) is 9.59 Å². The van der Waals surface area contributed by atoms with Gasteiger partial charge < -0.3 is 9.84 Å². The average Bonchev–Trinajstić information content (AvgIpc) is 2.00. The number of hydrogen-bond donors (Lipinski definition) is 1. The van der Waals surface area contributed by atoms with E-state index in [1.165, 1.54) is 7.11 Å². The maximum Gasteiger partial charge on any atom is 0.331 e. The van der Waals surface area contributed by atoms with Gasteiger partial charge in [0.15, 0.2) is 0 Å². The van der Waals surface area contributed by atoms with Crippen LogP contribution < -0.4 is 0 Å². The summed E-state index contributed by atoms with van der Waals surface area (Å²) in [5.41, 5.74) is -0.189. The molecule has 0 aliphatic carbocycles. The molecule has 0 aliphatic heterocycles. The summed E-state index contributed by atoms with van der Waals surface area (Å²) < 4.78 is 4.40. The van der Waals surface area contributed by atoms with E-state index in [4.69, 9.17) is 5.11 Å². The third kappa shape index (κ3) is 5.35. The van der Waals surface area contributed by atoms with Gasteiger partial charge in [-0.05, 0) is 5.41 Å². The van der Waals surface area contributed by atoms with Crippen LogP contribution in [0, 0.1) is 5.41 Å². The van der Waals surface area contributed by atoms with Gasteiger partial charge in [0.25, 0.3) is 0 Å². The SMILES string of the molecule is COC(=O)CC(=CC(C)(C)C)C(=O)O. The van der Waals surface area contributed by atoms with Crippen LogP contribution in [0.2, 0.25) is 0 Å². The molecule has 0 atom stereocenters. The predicted octanol–water partition coefficient (Wildman–Crippen LogP) is 1.61. The minimum Gasteiger partial charge on any atom is -0.478 e. The molecule has 0 saturated carbocycles. The summed E-state index contributed by atoms with van der Waals surface area (Å²) in [5, 5.41) is 8.80. The van der Waals surface area contributed by atoms with E-state index in [0.29, 0.717) is 0 Å². The number of esters is 1. The summed E-state index contributed by atoms with van der Waals surface area (Å²) in [4.78, 5) is 21.6. The second-order valence-electron chi connectivity index (χ2n) is 4.09. The number of rotatable bonds is 3. The first-order valence-corrected chi connectivity index (χ1v) is 4.28. The maximum absolute atomic E-state index is 10.9. The third-order valence-corrected chi connectivity index (χ3v) is 1.44. The number of hydrogen-bond acceptors (Lipinski definition) is 3. The lowest BCUT2D eigenvalue weighted by atomic mass is 9.92. The summed E-state index contributed by atoms with van der Waals surface area (Å²) in [6.45, 7) is 5.60. The first-order valence-electron chi connectivity index (χ1n) is 4.28. The van der Waals surface area contributed by atoms with Gasteiger partial charge in [0.2, 0.25) is 0 Å². The molecule has 14 heavy (non-hydrogen) atoms. The first kappa shape index (κ1) is 12.7. The minimum atomic E-state index is -1.08. The van der Waals surface area contributed by atoms with Gasteiger partial charge in [0.1, 0.15) is 0 Å². The molecule has 0 heterocycles. The molecular weight excluding hydrogens is 184 g/mol. The van der Waals surface area contributed by atoms with E-state index < -0.39 is 11.9 Å². The number of carbonyl (C=O) groups excluding carboxylic acids is 1. The highest BCUT2D eigenvalue weighted by atomic mass is 16.5. The van der Waals surface area contributed by atoms with Crippen LogP contribution in [-0.4, -0.2) is 24.2 Å². The Hall–Kier alpha value is -1.32. The molecule has 0 saturated heterocycles. The fraction of sp³-hybridized carbons (Fsp3) is 0.600. The van der Waals surface area contributed by atoms with E-state index in [0.717, 1.165) is 0 Å². The summed E-state index contributed by atoms with van der Waals surface area (Å²) in [7, 11) is 1.24. The van der Waals surface area contributed by atoms with Crippen molar-refractivity contribution in [2.45, 2.75) is 27.2 Å². The summed E-state index contributed by atoms with van der Waals surface area (Å²) in [6, 6.07) is 0. The summed E-state index contributed by atoms with van der Waals surface area (Å²) in [6.07, 6.45) is 1.37. The van der Waals surface area contributed by atoms with Crippen molar-refractivity contribution in [3.8, 4) is 0 Å². The van der Waals surface area contributed by atoms with E-state index in [2.05, 4.69) is 4.74 Å². The van der Waals surface area contributed by atoms with E-state index in [1.54, 1.807) is 6.08 Å². The van der Waals surface area contributed by atoms with Gasteiger partial charge in [0, 0.05) is 5.57 Å². The average molecular weight is 200 g/mol. The molecule has 0 spiro atoms. The molecule has 0 unspecified atom stereocenters. The molecule has 0 fully saturated rings. The number of ether oxygens (including phenoxy) is 1. The van der Waals surface area contributed by atoms with Crippen molar-refractivity contribution in [3.63, 3.8) is 0 Å². The molecule has 4 nitrogen and oxygen atoms in total. The Morgan fingerprint density at radius 1 is 1.36 bits per heavy atom. The predicted molar refractivity (Wildman–Crippen MR) is 51.8 cm³/mol. The number of methoxy groups -OCH3 is 1. The quantitative estimate of drug-likeness (QED) is 0.555. The zero-order valence-electron chi connectivity index (χ0n) is 8.96. The molecule has 0 bridgehead atoms. The fourth-order valence-electron chi connectivity index (χ4n) is 0.939. The topological polar surface area (TPSA) is 63.6 Å². The van der Waals surface area contributed by atoms with Crippen LogP contribution >= 0.6 is 0 Å². The first-order chi connectivity index (χ1) is 6.26. The van der Waals surface area contributed by atoms with Crippen LogP contribution in [0.4, 0.5) is 0 Å².